The van der Waals surface area contributed by atoms with Gasteiger partial charge in [-0.3, -0.25) is 9.78 Å². The van der Waals surface area contributed by atoms with Crippen LogP contribution in [0, 0.1) is 6.92 Å². The molecule has 0 atom stereocenters. The van der Waals surface area contributed by atoms with Gasteiger partial charge in [-0.05, 0) is 65.6 Å². The molecule has 0 bridgehead atoms. The topological polar surface area (TPSA) is 63.1 Å². The lowest BCUT2D eigenvalue weighted by Crippen LogP contribution is -2.05. The number of nitrogens with zero attached hydrogens (tertiary/aromatic N) is 2. The average Bonchev–Trinajstić information content (AvgIpc) is 2.69. The minimum atomic E-state index is -0.863. The van der Waals surface area contributed by atoms with Crippen LogP contribution in [0.4, 0.5) is 0 Å². The van der Waals surface area contributed by atoms with Crippen molar-refractivity contribution in [3.8, 4) is 22.4 Å². The van der Waals surface area contributed by atoms with Crippen molar-refractivity contribution >= 4 is 28.5 Å². The van der Waals surface area contributed by atoms with Gasteiger partial charge in [-0.1, -0.05) is 29.8 Å². The average molecular weight is 389 g/mol. The van der Waals surface area contributed by atoms with E-state index in [-0.39, 0.29) is 6.42 Å². The third kappa shape index (κ3) is 3.47. The maximum Gasteiger partial charge on any atom is 0.307 e. The van der Waals surface area contributed by atoms with E-state index in [0.717, 1.165) is 44.4 Å². The van der Waals surface area contributed by atoms with E-state index in [2.05, 4.69) is 4.98 Å². The number of aromatic nitrogens is 2. The molecule has 138 valence electrons. The number of fused-ring (bicyclic) bond motifs is 1. The fourth-order valence-electron chi connectivity index (χ4n) is 3.45. The van der Waals surface area contributed by atoms with Crippen LogP contribution in [0.25, 0.3) is 33.3 Å². The maximum absolute atomic E-state index is 11.5. The SMILES string of the molecule is Cc1cc2nc(-c3cccnc3)ccc2c(-c2ccc(Cl)cc2)c1CC(=O)O. The van der Waals surface area contributed by atoms with Crippen LogP contribution in [0.2, 0.25) is 5.02 Å². The molecular formula is C23H17ClN2O2. The first-order valence-electron chi connectivity index (χ1n) is 8.84. The largest absolute Gasteiger partial charge is 0.481 e. The van der Waals surface area contributed by atoms with Crippen LogP contribution in [0.1, 0.15) is 11.1 Å². The molecule has 28 heavy (non-hydrogen) atoms. The number of halogens is 1. The van der Waals surface area contributed by atoms with Crippen LogP contribution in [0.3, 0.4) is 0 Å². The van der Waals surface area contributed by atoms with E-state index in [0.29, 0.717) is 5.02 Å². The van der Waals surface area contributed by atoms with Crippen LogP contribution >= 0.6 is 11.6 Å². The van der Waals surface area contributed by atoms with Crippen molar-refractivity contribution in [3.63, 3.8) is 0 Å². The van der Waals surface area contributed by atoms with E-state index < -0.39 is 5.97 Å². The van der Waals surface area contributed by atoms with Crippen molar-refractivity contribution in [1.82, 2.24) is 9.97 Å². The lowest BCUT2D eigenvalue weighted by Gasteiger charge is -2.16. The number of hydrogen-bond donors (Lipinski definition) is 1. The normalized spacial score (nSPS) is 10.9. The highest BCUT2D eigenvalue weighted by atomic mass is 35.5. The minimum Gasteiger partial charge on any atom is -0.481 e. The molecule has 2 aromatic carbocycles. The van der Waals surface area contributed by atoms with Crippen molar-refractivity contribution in [1.29, 1.82) is 0 Å². The molecule has 0 fully saturated rings. The van der Waals surface area contributed by atoms with Crippen molar-refractivity contribution in [2.24, 2.45) is 0 Å². The van der Waals surface area contributed by atoms with Gasteiger partial charge in [0.1, 0.15) is 0 Å². The summed E-state index contributed by atoms with van der Waals surface area (Å²) >= 11 is 6.05. The van der Waals surface area contributed by atoms with Gasteiger partial charge in [0, 0.05) is 28.4 Å². The summed E-state index contributed by atoms with van der Waals surface area (Å²) in [4.78, 5) is 20.5. The zero-order valence-electron chi connectivity index (χ0n) is 15.2. The number of aliphatic carboxylic acids is 1. The minimum absolute atomic E-state index is 0.0515. The van der Waals surface area contributed by atoms with Crippen molar-refractivity contribution in [2.75, 3.05) is 0 Å². The van der Waals surface area contributed by atoms with Gasteiger partial charge in [-0.2, -0.15) is 0 Å². The lowest BCUT2D eigenvalue weighted by atomic mass is 9.90. The molecule has 0 unspecified atom stereocenters. The van der Waals surface area contributed by atoms with Crippen LogP contribution < -0.4 is 0 Å². The number of aryl methyl sites for hydroxylation is 1. The highest BCUT2D eigenvalue weighted by Gasteiger charge is 2.17. The van der Waals surface area contributed by atoms with Crippen LogP contribution in [0.15, 0.2) is 67.0 Å². The molecule has 0 saturated heterocycles. The molecule has 4 aromatic rings. The Labute approximate surface area is 167 Å². The van der Waals surface area contributed by atoms with E-state index >= 15 is 0 Å². The summed E-state index contributed by atoms with van der Waals surface area (Å²) in [6, 6.07) is 17.2. The second-order valence-corrected chi connectivity index (χ2v) is 7.07. The van der Waals surface area contributed by atoms with Gasteiger partial charge in [-0.25, -0.2) is 4.98 Å². The Morgan fingerprint density at radius 2 is 1.86 bits per heavy atom. The van der Waals surface area contributed by atoms with Crippen LogP contribution in [-0.4, -0.2) is 21.0 Å². The quantitative estimate of drug-likeness (QED) is 0.497. The first-order valence-corrected chi connectivity index (χ1v) is 9.22. The molecule has 0 aliphatic heterocycles. The first kappa shape index (κ1) is 18.1. The van der Waals surface area contributed by atoms with E-state index in [9.17, 15) is 9.90 Å². The molecule has 4 rings (SSSR count). The summed E-state index contributed by atoms with van der Waals surface area (Å²) in [6.45, 7) is 1.93. The Morgan fingerprint density at radius 3 is 2.54 bits per heavy atom. The molecule has 0 saturated carbocycles. The predicted molar refractivity (Wildman–Crippen MR) is 111 cm³/mol. The molecule has 0 amide bonds. The number of hydrogen-bond acceptors (Lipinski definition) is 3. The smallest absolute Gasteiger partial charge is 0.307 e. The summed E-state index contributed by atoms with van der Waals surface area (Å²) in [5.41, 5.74) is 6.08. The van der Waals surface area contributed by atoms with Crippen molar-refractivity contribution in [3.05, 3.63) is 83.1 Å². The summed E-state index contributed by atoms with van der Waals surface area (Å²) in [5.74, 6) is -0.863. The molecule has 0 radical (unpaired) electrons. The molecule has 2 heterocycles. The summed E-state index contributed by atoms with van der Waals surface area (Å²) in [7, 11) is 0. The van der Waals surface area contributed by atoms with Gasteiger partial charge in [0.15, 0.2) is 0 Å². The van der Waals surface area contributed by atoms with E-state index in [4.69, 9.17) is 16.6 Å². The predicted octanol–water partition coefficient (Wildman–Crippen LogP) is 5.55. The Morgan fingerprint density at radius 1 is 1.07 bits per heavy atom. The molecule has 4 nitrogen and oxygen atoms in total. The monoisotopic (exact) mass is 388 g/mol. The molecule has 2 aromatic heterocycles. The third-order valence-corrected chi connectivity index (χ3v) is 5.00. The summed E-state index contributed by atoms with van der Waals surface area (Å²) in [6.07, 6.45) is 3.45. The Bertz CT molecular complexity index is 1170. The highest BCUT2D eigenvalue weighted by Crippen LogP contribution is 2.36. The lowest BCUT2D eigenvalue weighted by molar-refractivity contribution is -0.136. The molecule has 0 spiro atoms. The summed E-state index contributed by atoms with van der Waals surface area (Å²) < 4.78 is 0. The number of carbonyl (C=O) groups is 1. The van der Waals surface area contributed by atoms with E-state index in [1.54, 1.807) is 12.4 Å². The van der Waals surface area contributed by atoms with Gasteiger partial charge >= 0.3 is 5.97 Å². The molecule has 0 aliphatic rings. The Kier molecular flexibility index (Phi) is 4.80. The maximum atomic E-state index is 11.5. The van der Waals surface area contributed by atoms with Gasteiger partial charge in [-0.15, -0.1) is 0 Å². The van der Waals surface area contributed by atoms with Crippen LogP contribution in [0.5, 0.6) is 0 Å². The van der Waals surface area contributed by atoms with Gasteiger partial charge in [0.2, 0.25) is 0 Å². The Hall–Kier alpha value is -3.24. The van der Waals surface area contributed by atoms with Crippen LogP contribution in [-0.2, 0) is 11.2 Å². The molecular weight excluding hydrogens is 372 g/mol. The fourth-order valence-corrected chi connectivity index (χ4v) is 3.57. The molecule has 1 N–H and O–H groups in total. The van der Waals surface area contributed by atoms with Crippen molar-refractivity contribution in [2.45, 2.75) is 13.3 Å². The Balaban J connectivity index is 1.99. The molecule has 0 aliphatic carbocycles. The number of carboxylic acid groups (broad SMARTS) is 1. The highest BCUT2D eigenvalue weighted by molar-refractivity contribution is 6.30. The van der Waals surface area contributed by atoms with Gasteiger partial charge < -0.3 is 5.11 Å². The zero-order valence-corrected chi connectivity index (χ0v) is 15.9. The number of carboxylic acids is 1. The first-order chi connectivity index (χ1) is 13.5. The standard InChI is InChI=1S/C23H17ClN2O2/c1-14-11-21-18(8-9-20(26-21)16-3-2-10-25-13-16)23(19(14)12-22(27)28)15-4-6-17(24)7-5-15/h2-11,13H,12H2,1H3,(H,27,28). The number of rotatable bonds is 4. The number of benzene rings is 2. The number of pyridine rings is 2. The second kappa shape index (κ2) is 7.41. The van der Waals surface area contributed by atoms with E-state index in [1.165, 1.54) is 0 Å². The molecule has 5 heteroatoms. The fraction of sp³-hybridized carbons (Fsp3) is 0.0870. The van der Waals surface area contributed by atoms with Crippen molar-refractivity contribution < 1.29 is 9.90 Å². The zero-order chi connectivity index (χ0) is 19.7. The van der Waals surface area contributed by atoms with Gasteiger partial charge in [0.25, 0.3) is 0 Å². The van der Waals surface area contributed by atoms with E-state index in [1.807, 2.05) is 61.5 Å². The van der Waals surface area contributed by atoms with Gasteiger partial charge in [0.05, 0.1) is 17.6 Å². The second-order valence-electron chi connectivity index (χ2n) is 6.63. The third-order valence-electron chi connectivity index (χ3n) is 4.74. The summed E-state index contributed by atoms with van der Waals surface area (Å²) in [5, 5.41) is 11.0.